The standard InChI is InChI=1S/C11H22BF3N.K/c1-4-6-8-16(9-7-5-2)10-11(3)12(13,14)15;/h3-10H2,1-2H3;/q-1;+1. The summed E-state index contributed by atoms with van der Waals surface area (Å²) in [5.41, 5.74) is -0.577. The molecule has 0 saturated heterocycles. The Morgan fingerprint density at radius 1 is 1.06 bits per heavy atom. The summed E-state index contributed by atoms with van der Waals surface area (Å²) >= 11 is 0. The van der Waals surface area contributed by atoms with Crippen molar-refractivity contribution in [2.45, 2.75) is 39.5 Å². The molecule has 0 aliphatic rings. The molecule has 0 spiro atoms. The number of rotatable bonds is 9. The van der Waals surface area contributed by atoms with Gasteiger partial charge in [0.25, 0.3) is 0 Å². The first kappa shape index (κ1) is 20.5. The average molecular weight is 275 g/mol. The molecular weight excluding hydrogens is 253 g/mol. The summed E-state index contributed by atoms with van der Waals surface area (Å²) in [7, 11) is 0. The van der Waals surface area contributed by atoms with E-state index in [2.05, 4.69) is 6.58 Å². The minimum absolute atomic E-state index is 0. The molecular formula is C11H22BF3KN. The second kappa shape index (κ2) is 11.1. The van der Waals surface area contributed by atoms with E-state index in [9.17, 15) is 12.9 Å². The maximum absolute atomic E-state index is 12.4. The molecule has 17 heavy (non-hydrogen) atoms. The van der Waals surface area contributed by atoms with Crippen LogP contribution in [0.5, 0.6) is 0 Å². The van der Waals surface area contributed by atoms with Crippen LogP contribution < -0.4 is 51.4 Å². The van der Waals surface area contributed by atoms with Crippen molar-refractivity contribution in [3.05, 3.63) is 12.1 Å². The van der Waals surface area contributed by atoms with E-state index in [1.165, 1.54) is 0 Å². The normalized spacial score (nSPS) is 11.4. The Morgan fingerprint density at radius 2 is 1.47 bits per heavy atom. The van der Waals surface area contributed by atoms with E-state index in [-0.39, 0.29) is 57.9 Å². The van der Waals surface area contributed by atoms with Crippen LogP contribution in [-0.4, -0.2) is 31.5 Å². The number of unbranched alkanes of at least 4 members (excludes halogenated alkanes) is 2. The van der Waals surface area contributed by atoms with Crippen LogP contribution in [0.2, 0.25) is 0 Å². The van der Waals surface area contributed by atoms with Crippen molar-refractivity contribution in [1.82, 2.24) is 4.90 Å². The Bertz CT molecular complexity index is 201. The van der Waals surface area contributed by atoms with Crippen molar-refractivity contribution in [2.75, 3.05) is 19.6 Å². The summed E-state index contributed by atoms with van der Waals surface area (Å²) in [5.74, 6) is 0. The van der Waals surface area contributed by atoms with Crippen LogP contribution >= 0.6 is 0 Å². The Balaban J connectivity index is 0. The number of nitrogens with zero attached hydrogens (tertiary/aromatic N) is 1. The molecule has 0 aromatic heterocycles. The molecule has 0 aliphatic heterocycles. The average Bonchev–Trinajstić information content (AvgIpc) is 2.20. The third-order valence-corrected chi connectivity index (χ3v) is 2.55. The van der Waals surface area contributed by atoms with Crippen LogP contribution in [0.1, 0.15) is 39.5 Å². The van der Waals surface area contributed by atoms with Gasteiger partial charge in [0.15, 0.2) is 0 Å². The quantitative estimate of drug-likeness (QED) is 0.564. The zero-order valence-electron chi connectivity index (χ0n) is 11.3. The van der Waals surface area contributed by atoms with Crippen molar-refractivity contribution in [3.63, 3.8) is 0 Å². The molecule has 6 heteroatoms. The van der Waals surface area contributed by atoms with Crippen LogP contribution in [-0.2, 0) is 0 Å². The van der Waals surface area contributed by atoms with Gasteiger partial charge in [0.1, 0.15) is 0 Å². The fraction of sp³-hybridized carbons (Fsp3) is 0.818. The molecule has 0 fully saturated rings. The molecule has 0 radical (unpaired) electrons. The van der Waals surface area contributed by atoms with Gasteiger partial charge in [-0.1, -0.05) is 26.7 Å². The van der Waals surface area contributed by atoms with Crippen molar-refractivity contribution in [2.24, 2.45) is 0 Å². The molecule has 0 atom stereocenters. The Labute approximate surface area is 146 Å². The van der Waals surface area contributed by atoms with E-state index < -0.39 is 12.4 Å². The summed E-state index contributed by atoms with van der Waals surface area (Å²) < 4.78 is 37.2. The molecule has 0 bridgehead atoms. The van der Waals surface area contributed by atoms with E-state index in [0.717, 1.165) is 38.8 Å². The molecule has 0 aromatic carbocycles. The first-order chi connectivity index (χ1) is 7.41. The molecule has 0 saturated carbocycles. The van der Waals surface area contributed by atoms with Gasteiger partial charge in [0.2, 0.25) is 0 Å². The number of hydrogen-bond acceptors (Lipinski definition) is 1. The van der Waals surface area contributed by atoms with Gasteiger partial charge in [-0.05, 0) is 32.5 Å². The van der Waals surface area contributed by atoms with Gasteiger partial charge < -0.3 is 17.8 Å². The minimum atomic E-state index is -4.88. The predicted molar refractivity (Wildman–Crippen MR) is 64.5 cm³/mol. The van der Waals surface area contributed by atoms with Gasteiger partial charge in [-0.3, -0.25) is 0 Å². The molecule has 96 valence electrons. The van der Waals surface area contributed by atoms with Crippen molar-refractivity contribution in [3.8, 4) is 0 Å². The van der Waals surface area contributed by atoms with Crippen molar-refractivity contribution in [1.29, 1.82) is 0 Å². The molecule has 0 N–H and O–H groups in total. The number of halogens is 3. The maximum Gasteiger partial charge on any atom is 1.00 e. The van der Waals surface area contributed by atoms with E-state index in [4.69, 9.17) is 0 Å². The SMILES string of the molecule is C=C(CN(CCCC)CCCC)[B-](F)(F)F.[K+]. The van der Waals surface area contributed by atoms with E-state index >= 15 is 0 Å². The smallest absolute Gasteiger partial charge is 0.445 e. The largest absolute Gasteiger partial charge is 1.00 e. The van der Waals surface area contributed by atoms with Gasteiger partial charge in [-0.2, -0.15) is 0 Å². The predicted octanol–water partition coefficient (Wildman–Crippen LogP) is 0.835. The molecule has 0 unspecified atom stereocenters. The fourth-order valence-corrected chi connectivity index (χ4v) is 1.42. The monoisotopic (exact) mass is 275 g/mol. The summed E-state index contributed by atoms with van der Waals surface area (Å²) in [4.78, 5) is 1.87. The summed E-state index contributed by atoms with van der Waals surface area (Å²) in [6.07, 6.45) is 3.90. The molecule has 0 rings (SSSR count). The molecule has 0 amide bonds. The molecule has 1 nitrogen and oxygen atoms in total. The second-order valence-corrected chi connectivity index (χ2v) is 4.22. The Kier molecular flexibility index (Phi) is 13.3. The zero-order valence-corrected chi connectivity index (χ0v) is 14.4. The zero-order chi connectivity index (χ0) is 12.6. The Hall–Kier alpha value is 1.19. The maximum atomic E-state index is 12.4. The van der Waals surface area contributed by atoms with Crippen LogP contribution in [0.3, 0.4) is 0 Å². The van der Waals surface area contributed by atoms with Crippen LogP contribution in [0, 0.1) is 0 Å². The van der Waals surface area contributed by atoms with Crippen molar-refractivity contribution >= 4 is 6.98 Å². The van der Waals surface area contributed by atoms with E-state index in [1.807, 2.05) is 18.7 Å². The minimum Gasteiger partial charge on any atom is -0.445 e. The summed E-state index contributed by atoms with van der Waals surface area (Å²) in [5, 5.41) is 0. The van der Waals surface area contributed by atoms with Crippen molar-refractivity contribution < 1.29 is 64.3 Å². The third-order valence-electron chi connectivity index (χ3n) is 2.55. The second-order valence-electron chi connectivity index (χ2n) is 4.22. The molecule has 0 aromatic rings. The van der Waals surface area contributed by atoms with Gasteiger partial charge in [-0.15, -0.1) is 12.1 Å². The Morgan fingerprint density at radius 3 is 1.76 bits per heavy atom. The topological polar surface area (TPSA) is 3.24 Å². The van der Waals surface area contributed by atoms with E-state index in [1.54, 1.807) is 0 Å². The van der Waals surface area contributed by atoms with Crippen LogP contribution in [0.15, 0.2) is 12.1 Å². The van der Waals surface area contributed by atoms with E-state index in [0.29, 0.717) is 0 Å². The van der Waals surface area contributed by atoms with Gasteiger partial charge >= 0.3 is 58.4 Å². The first-order valence-corrected chi connectivity index (χ1v) is 6.01. The van der Waals surface area contributed by atoms with Gasteiger partial charge in [-0.25, -0.2) is 0 Å². The summed E-state index contributed by atoms with van der Waals surface area (Å²) in [6, 6.07) is 0. The summed E-state index contributed by atoms with van der Waals surface area (Å²) in [6.45, 7) is 3.80. The van der Waals surface area contributed by atoms with Gasteiger partial charge in [0.05, 0.1) is 0 Å². The van der Waals surface area contributed by atoms with Crippen LogP contribution in [0.25, 0.3) is 0 Å². The molecule has 0 heterocycles. The van der Waals surface area contributed by atoms with Gasteiger partial charge in [0, 0.05) is 0 Å². The van der Waals surface area contributed by atoms with Crippen LogP contribution in [0.4, 0.5) is 12.9 Å². The fourth-order valence-electron chi connectivity index (χ4n) is 1.42. The molecule has 0 aliphatic carbocycles. The number of hydrogen-bond donors (Lipinski definition) is 0. The first-order valence-electron chi connectivity index (χ1n) is 6.01. The third kappa shape index (κ3) is 10.8.